The Morgan fingerprint density at radius 2 is 1.78 bits per heavy atom. The zero-order valence-corrected chi connectivity index (χ0v) is 31.7. The predicted molar refractivity (Wildman–Crippen MR) is 203 cm³/mol. The van der Waals surface area contributed by atoms with E-state index in [2.05, 4.69) is 40.7 Å². The minimum Gasteiger partial charge on any atom is -0.496 e. The Balaban J connectivity index is 0.950. The van der Waals surface area contributed by atoms with Gasteiger partial charge in [-0.2, -0.15) is 0 Å². The van der Waals surface area contributed by atoms with Crippen molar-refractivity contribution in [3.05, 3.63) is 70.6 Å². The van der Waals surface area contributed by atoms with Crippen molar-refractivity contribution in [3.63, 3.8) is 0 Å². The van der Waals surface area contributed by atoms with Crippen molar-refractivity contribution in [1.29, 1.82) is 0 Å². The quantitative estimate of drug-likeness (QED) is 0.147. The van der Waals surface area contributed by atoms with Crippen LogP contribution in [0.1, 0.15) is 105 Å². The van der Waals surface area contributed by atoms with E-state index < -0.39 is 0 Å². The average molecular weight is 695 g/mol. The molecule has 0 N–H and O–H groups in total. The molecule has 0 bridgehead atoms. The number of hydrogen-bond donors (Lipinski definition) is 0. The summed E-state index contributed by atoms with van der Waals surface area (Å²) in [5.41, 5.74) is 3.56. The van der Waals surface area contributed by atoms with Gasteiger partial charge in [-0.1, -0.05) is 83.7 Å². The van der Waals surface area contributed by atoms with Gasteiger partial charge in [-0.05, 0) is 109 Å². The van der Waals surface area contributed by atoms with Crippen molar-refractivity contribution >= 4 is 16.9 Å². The highest BCUT2D eigenvalue weighted by molar-refractivity contribution is 5.84. The Labute approximate surface area is 304 Å². The number of hydrogen-bond acceptors (Lipinski definition) is 6. The Morgan fingerprint density at radius 3 is 2.59 bits per heavy atom. The first-order valence-electron chi connectivity index (χ1n) is 19.7. The molecule has 3 aromatic rings. The number of methoxy groups -OCH3 is 1. The molecule has 2 aromatic carbocycles. The molecule has 3 fully saturated rings. The van der Waals surface area contributed by atoms with Crippen LogP contribution in [0.5, 0.6) is 11.5 Å². The van der Waals surface area contributed by atoms with E-state index in [0.717, 1.165) is 54.8 Å². The number of rotatable bonds is 11. The van der Waals surface area contributed by atoms with Gasteiger partial charge in [0.2, 0.25) is 5.43 Å². The average Bonchev–Trinajstić information content (AvgIpc) is 3.48. The van der Waals surface area contributed by atoms with Crippen molar-refractivity contribution in [1.82, 2.24) is 0 Å². The molecule has 0 saturated heterocycles. The highest BCUT2D eigenvalue weighted by Gasteiger charge is 2.59. The molecule has 4 aliphatic rings. The number of benzene rings is 2. The Morgan fingerprint density at radius 1 is 0.961 bits per heavy atom. The van der Waals surface area contributed by atoms with Gasteiger partial charge in [-0.25, -0.2) is 4.79 Å². The van der Waals surface area contributed by atoms with E-state index in [1.807, 2.05) is 24.3 Å². The molecule has 3 saturated carbocycles. The minimum absolute atomic E-state index is 0.114. The maximum atomic E-state index is 13.3. The maximum absolute atomic E-state index is 13.3. The number of carbonyl (C=O) groups excluding carboxylic acids is 1. The fraction of sp³-hybridized carbons (Fsp3) is 0.600. The van der Waals surface area contributed by atoms with Crippen LogP contribution in [0.15, 0.2) is 69.6 Å². The highest BCUT2D eigenvalue weighted by Crippen LogP contribution is 2.67. The third-order valence-corrected chi connectivity index (χ3v) is 14.1. The van der Waals surface area contributed by atoms with E-state index in [9.17, 15) is 9.59 Å². The van der Waals surface area contributed by atoms with Crippen LogP contribution in [-0.2, 0) is 9.53 Å². The molecule has 274 valence electrons. The summed E-state index contributed by atoms with van der Waals surface area (Å²) in [5, 5.41) is 0.434. The number of fused-ring (bicyclic) bond motifs is 6. The van der Waals surface area contributed by atoms with Gasteiger partial charge < -0.3 is 18.6 Å². The summed E-state index contributed by atoms with van der Waals surface area (Å²) in [7, 11) is 1.58. The summed E-state index contributed by atoms with van der Waals surface area (Å²) in [4.78, 5) is 26.3. The molecular formula is C45H58O6. The van der Waals surface area contributed by atoms with E-state index >= 15 is 0 Å². The van der Waals surface area contributed by atoms with Gasteiger partial charge in [-0.3, -0.25) is 4.79 Å². The highest BCUT2D eigenvalue weighted by atomic mass is 16.6. The maximum Gasteiger partial charge on any atom is 0.344 e. The lowest BCUT2D eigenvalue weighted by Crippen LogP contribution is -2.51. The van der Waals surface area contributed by atoms with E-state index in [1.165, 1.54) is 63.2 Å². The Kier molecular flexibility index (Phi) is 10.2. The molecule has 7 rings (SSSR count). The number of ether oxygens (including phenoxy) is 3. The monoisotopic (exact) mass is 694 g/mol. The summed E-state index contributed by atoms with van der Waals surface area (Å²) in [6.07, 6.45) is 17.6. The summed E-state index contributed by atoms with van der Waals surface area (Å²) >= 11 is 0. The molecule has 1 heterocycles. The van der Waals surface area contributed by atoms with Crippen LogP contribution in [0.3, 0.4) is 0 Å². The zero-order chi connectivity index (χ0) is 35.9. The molecule has 0 amide bonds. The molecule has 0 aliphatic heterocycles. The summed E-state index contributed by atoms with van der Waals surface area (Å²) in [6, 6.07) is 12.4. The second-order valence-corrected chi connectivity index (χ2v) is 17.3. The fourth-order valence-corrected chi connectivity index (χ4v) is 11.4. The van der Waals surface area contributed by atoms with E-state index in [1.54, 1.807) is 25.3 Å². The van der Waals surface area contributed by atoms with Crippen LogP contribution in [-0.4, -0.2) is 25.8 Å². The van der Waals surface area contributed by atoms with Gasteiger partial charge >= 0.3 is 5.97 Å². The number of allylic oxidation sites excluding steroid dienone is 1. The lowest BCUT2D eigenvalue weighted by molar-refractivity contribution is -0.153. The van der Waals surface area contributed by atoms with Crippen molar-refractivity contribution in [2.45, 2.75) is 111 Å². The van der Waals surface area contributed by atoms with Gasteiger partial charge in [0.25, 0.3) is 0 Å². The molecule has 0 spiro atoms. The normalized spacial score (nSPS) is 30.6. The molecule has 0 radical (unpaired) electrons. The van der Waals surface area contributed by atoms with Gasteiger partial charge in [0.15, 0.2) is 6.61 Å². The second kappa shape index (κ2) is 14.5. The topological polar surface area (TPSA) is 75.0 Å². The molecule has 6 nitrogen and oxygen atoms in total. The first-order valence-corrected chi connectivity index (χ1v) is 19.7. The molecule has 4 aliphatic carbocycles. The minimum atomic E-state index is -0.362. The van der Waals surface area contributed by atoms with Crippen molar-refractivity contribution in [2.75, 3.05) is 13.7 Å². The number of para-hydroxylation sites is 1. The number of carbonyl (C=O) groups is 1. The molecule has 51 heavy (non-hydrogen) atoms. The van der Waals surface area contributed by atoms with Gasteiger partial charge in [-0.15, -0.1) is 0 Å². The van der Waals surface area contributed by atoms with Crippen LogP contribution in [0.4, 0.5) is 0 Å². The van der Waals surface area contributed by atoms with Crippen LogP contribution >= 0.6 is 0 Å². The fourth-order valence-electron chi connectivity index (χ4n) is 11.4. The molecule has 6 heteroatoms. The van der Waals surface area contributed by atoms with E-state index in [0.29, 0.717) is 39.0 Å². The summed E-state index contributed by atoms with van der Waals surface area (Å²) in [5.74, 6) is 5.57. The third kappa shape index (κ3) is 6.77. The van der Waals surface area contributed by atoms with Crippen molar-refractivity contribution < 1.29 is 23.4 Å². The van der Waals surface area contributed by atoms with Gasteiger partial charge in [0.1, 0.15) is 29.4 Å². The largest absolute Gasteiger partial charge is 0.496 e. The molecule has 1 aromatic heterocycles. The third-order valence-electron chi connectivity index (χ3n) is 14.1. The van der Waals surface area contributed by atoms with Crippen molar-refractivity contribution in [2.24, 2.45) is 46.3 Å². The Hall–Kier alpha value is -3.54. The van der Waals surface area contributed by atoms with E-state index in [4.69, 9.17) is 18.6 Å². The predicted octanol–water partition coefficient (Wildman–Crippen LogP) is 10.8. The second-order valence-electron chi connectivity index (χ2n) is 17.3. The Bertz CT molecular complexity index is 1820. The smallest absolute Gasteiger partial charge is 0.344 e. The van der Waals surface area contributed by atoms with Gasteiger partial charge in [0, 0.05) is 18.1 Å². The van der Waals surface area contributed by atoms with Crippen LogP contribution in [0.2, 0.25) is 0 Å². The lowest BCUT2D eigenvalue weighted by Gasteiger charge is -2.58. The molecule has 8 atom stereocenters. The first kappa shape index (κ1) is 35.8. The van der Waals surface area contributed by atoms with E-state index in [-0.39, 0.29) is 29.5 Å². The lowest BCUT2D eigenvalue weighted by atomic mass is 9.47. The standard InChI is InChI=1S/C45H58O6/c1-28(2)10-9-11-29(3)37-18-19-38-34-16-14-30-24-32(20-22-44(30,4)39(34)21-23-45(37,38)5)51-42(46)27-49-31-15-17-35-41(25-31)50-26-36(43(35)47)33-12-7-8-13-40(33)48-6/h7-8,12-15,17,25-26,28-29,32,34,37-39H,9-11,16,18-24,27H2,1-6H3/t29?,32?,34-,37?,38?,39-,44-,45+/m0/s1. The van der Waals surface area contributed by atoms with Gasteiger partial charge in [0.05, 0.1) is 18.1 Å². The van der Waals surface area contributed by atoms with Crippen LogP contribution in [0.25, 0.3) is 22.1 Å². The van der Waals surface area contributed by atoms with Crippen LogP contribution < -0.4 is 14.9 Å². The summed E-state index contributed by atoms with van der Waals surface area (Å²) < 4.78 is 23.2. The van der Waals surface area contributed by atoms with Crippen LogP contribution in [0, 0.1) is 46.3 Å². The molecule has 4 unspecified atom stereocenters. The SMILES string of the molecule is COc1ccccc1-c1coc2cc(OCC(=O)OC3CC[C@@]4(C)C(=CC[C@H]5C6CCC(C(C)CCCC(C)C)[C@@]6(C)CC[C@@H]54)C3)ccc2c1=O. The molecular weight excluding hydrogens is 636 g/mol. The first-order chi connectivity index (χ1) is 24.5. The van der Waals surface area contributed by atoms with Crippen molar-refractivity contribution in [3.8, 4) is 22.6 Å². The zero-order valence-electron chi connectivity index (χ0n) is 31.7. The number of esters is 1. The summed E-state index contributed by atoms with van der Waals surface area (Å²) in [6.45, 7) is 12.3.